The molecule has 3 aromatic rings. The van der Waals surface area contributed by atoms with Crippen LogP contribution in [0, 0.1) is 12.8 Å². The summed E-state index contributed by atoms with van der Waals surface area (Å²) in [5.74, 6) is -0.152. The molecule has 2 aromatic carbocycles. The van der Waals surface area contributed by atoms with Crippen LogP contribution in [0.4, 0.5) is 5.69 Å². The number of hydrogen-bond donors (Lipinski definition) is 1. The minimum absolute atomic E-state index is 0.00172. The topological polar surface area (TPSA) is 53.2 Å². The van der Waals surface area contributed by atoms with E-state index in [1.807, 2.05) is 75.4 Å². The number of aromatic nitrogens is 1. The van der Waals surface area contributed by atoms with Crippen LogP contribution in [0.3, 0.4) is 0 Å². The van der Waals surface area contributed by atoms with Crippen LogP contribution in [0.15, 0.2) is 59.4 Å². The van der Waals surface area contributed by atoms with Gasteiger partial charge in [0.25, 0.3) is 5.56 Å². The molecule has 0 aliphatic rings. The third kappa shape index (κ3) is 3.48. The van der Waals surface area contributed by atoms with Gasteiger partial charge in [-0.25, -0.2) is 0 Å². The summed E-state index contributed by atoms with van der Waals surface area (Å²) in [5.41, 5.74) is 3.07. The lowest BCUT2D eigenvalue weighted by molar-refractivity contribution is -0.121. The average molecular weight is 334 g/mol. The van der Waals surface area contributed by atoms with Gasteiger partial charge in [0.2, 0.25) is 5.91 Å². The highest BCUT2D eigenvalue weighted by Gasteiger charge is 2.21. The number of nitrogens with zero attached hydrogens (tertiary/aromatic N) is 1. The first-order valence-corrected chi connectivity index (χ1v) is 8.45. The Morgan fingerprint density at radius 3 is 2.48 bits per heavy atom. The third-order valence-electron chi connectivity index (χ3n) is 4.33. The van der Waals surface area contributed by atoms with Crippen molar-refractivity contribution in [3.63, 3.8) is 0 Å². The van der Waals surface area contributed by atoms with Gasteiger partial charge in [-0.05, 0) is 36.1 Å². The van der Waals surface area contributed by atoms with Gasteiger partial charge in [0, 0.05) is 22.7 Å². The molecule has 0 fully saturated rings. The van der Waals surface area contributed by atoms with E-state index in [2.05, 4.69) is 4.98 Å². The monoisotopic (exact) mass is 334 g/mol. The van der Waals surface area contributed by atoms with Crippen LogP contribution in [0.2, 0.25) is 0 Å². The number of nitrogens with one attached hydrogen (secondary N) is 1. The van der Waals surface area contributed by atoms with Gasteiger partial charge in [-0.2, -0.15) is 0 Å². The molecule has 0 aliphatic carbocycles. The van der Waals surface area contributed by atoms with Crippen LogP contribution in [-0.4, -0.2) is 10.9 Å². The predicted octanol–water partition coefficient (Wildman–Crippen LogP) is 4.03. The molecule has 0 unspecified atom stereocenters. The lowest BCUT2D eigenvalue weighted by Gasteiger charge is -2.26. The van der Waals surface area contributed by atoms with Crippen molar-refractivity contribution in [1.29, 1.82) is 0 Å². The highest BCUT2D eigenvalue weighted by molar-refractivity contribution is 5.95. The zero-order chi connectivity index (χ0) is 18.0. The Hall–Kier alpha value is -2.88. The fraction of sp³-hybridized carbons (Fsp3) is 0.238. The number of amides is 1. The molecule has 0 radical (unpaired) electrons. The van der Waals surface area contributed by atoms with Gasteiger partial charge in [-0.15, -0.1) is 0 Å². The Labute approximate surface area is 147 Å². The highest BCUT2D eigenvalue weighted by atomic mass is 16.2. The second-order valence-corrected chi connectivity index (χ2v) is 6.58. The van der Waals surface area contributed by atoms with Crippen molar-refractivity contribution in [3.05, 3.63) is 76.1 Å². The number of carbonyl (C=O) groups is 1. The molecule has 0 saturated heterocycles. The van der Waals surface area contributed by atoms with Crippen molar-refractivity contribution in [2.24, 2.45) is 5.92 Å². The van der Waals surface area contributed by atoms with E-state index in [9.17, 15) is 9.59 Å². The number of para-hydroxylation sites is 2. The van der Waals surface area contributed by atoms with Crippen molar-refractivity contribution in [3.8, 4) is 0 Å². The summed E-state index contributed by atoms with van der Waals surface area (Å²) in [6, 6.07) is 17.3. The lowest BCUT2D eigenvalue weighted by atomic mass is 10.1. The number of rotatable bonds is 4. The van der Waals surface area contributed by atoms with Crippen molar-refractivity contribution in [1.82, 2.24) is 4.98 Å². The quantitative estimate of drug-likeness (QED) is 0.783. The number of carbonyl (C=O) groups excluding carboxylic acids is 1. The van der Waals surface area contributed by atoms with E-state index in [0.717, 1.165) is 22.2 Å². The van der Waals surface area contributed by atoms with Crippen LogP contribution in [0.5, 0.6) is 0 Å². The summed E-state index contributed by atoms with van der Waals surface area (Å²) < 4.78 is 0. The molecule has 4 heteroatoms. The molecule has 0 saturated carbocycles. The number of H-pyrrole nitrogens is 1. The molecule has 1 N–H and O–H groups in total. The molecule has 25 heavy (non-hydrogen) atoms. The Balaban J connectivity index is 2.07. The van der Waals surface area contributed by atoms with E-state index in [4.69, 9.17) is 0 Å². The van der Waals surface area contributed by atoms with E-state index in [0.29, 0.717) is 5.56 Å². The molecular formula is C21H22N2O2. The first-order valence-electron chi connectivity index (χ1n) is 8.45. The first-order chi connectivity index (χ1) is 12.0. The predicted molar refractivity (Wildman–Crippen MR) is 102 cm³/mol. The Bertz CT molecular complexity index is 973. The SMILES string of the molecule is Cc1ccccc1N(Cc1cc2ccccc2[nH]c1=O)C(=O)C(C)C. The number of benzene rings is 2. The maximum atomic E-state index is 12.8. The molecule has 0 bridgehead atoms. The van der Waals surface area contributed by atoms with E-state index < -0.39 is 0 Å². The third-order valence-corrected chi connectivity index (χ3v) is 4.33. The van der Waals surface area contributed by atoms with Crippen LogP contribution in [-0.2, 0) is 11.3 Å². The number of aryl methyl sites for hydroxylation is 1. The molecular weight excluding hydrogens is 312 g/mol. The number of fused-ring (bicyclic) bond motifs is 1. The number of anilines is 1. The van der Waals surface area contributed by atoms with E-state index in [1.165, 1.54) is 0 Å². The van der Waals surface area contributed by atoms with Gasteiger partial charge in [0.1, 0.15) is 0 Å². The number of aromatic amines is 1. The fourth-order valence-corrected chi connectivity index (χ4v) is 2.94. The van der Waals surface area contributed by atoms with Crippen molar-refractivity contribution < 1.29 is 4.79 Å². The Morgan fingerprint density at radius 1 is 1.08 bits per heavy atom. The normalized spacial score (nSPS) is 11.0. The Morgan fingerprint density at radius 2 is 1.76 bits per heavy atom. The largest absolute Gasteiger partial charge is 0.322 e. The summed E-state index contributed by atoms with van der Waals surface area (Å²) in [6.07, 6.45) is 0. The van der Waals surface area contributed by atoms with E-state index in [1.54, 1.807) is 4.90 Å². The summed E-state index contributed by atoms with van der Waals surface area (Å²) in [7, 11) is 0. The van der Waals surface area contributed by atoms with Gasteiger partial charge in [0.05, 0.1) is 6.54 Å². The zero-order valence-electron chi connectivity index (χ0n) is 14.7. The van der Waals surface area contributed by atoms with Crippen LogP contribution < -0.4 is 10.5 Å². The van der Waals surface area contributed by atoms with Crippen molar-refractivity contribution in [2.75, 3.05) is 4.90 Å². The smallest absolute Gasteiger partial charge is 0.253 e. The molecule has 1 amide bonds. The van der Waals surface area contributed by atoms with Gasteiger partial charge in [0.15, 0.2) is 0 Å². The number of pyridine rings is 1. The minimum atomic E-state index is -0.158. The summed E-state index contributed by atoms with van der Waals surface area (Å²) >= 11 is 0. The van der Waals surface area contributed by atoms with Gasteiger partial charge in [-0.3, -0.25) is 9.59 Å². The molecule has 128 valence electrons. The molecule has 0 aliphatic heterocycles. The number of hydrogen-bond acceptors (Lipinski definition) is 2. The first kappa shape index (κ1) is 17.0. The lowest BCUT2D eigenvalue weighted by Crippen LogP contribution is -2.36. The summed E-state index contributed by atoms with van der Waals surface area (Å²) in [6.45, 7) is 5.97. The van der Waals surface area contributed by atoms with Crippen LogP contribution >= 0.6 is 0 Å². The Kier molecular flexibility index (Phi) is 4.70. The summed E-state index contributed by atoms with van der Waals surface area (Å²) in [4.78, 5) is 29.9. The van der Waals surface area contributed by atoms with Crippen molar-refractivity contribution >= 4 is 22.5 Å². The molecule has 4 nitrogen and oxygen atoms in total. The second kappa shape index (κ2) is 6.93. The van der Waals surface area contributed by atoms with Gasteiger partial charge >= 0.3 is 0 Å². The standard InChI is InChI=1S/C21H22N2O2/c1-14(2)21(25)23(19-11-7-4-8-15(19)3)13-17-12-16-9-5-6-10-18(16)22-20(17)24/h4-12,14H,13H2,1-3H3,(H,22,24). The molecule has 0 atom stereocenters. The van der Waals surface area contributed by atoms with E-state index in [-0.39, 0.29) is 23.9 Å². The summed E-state index contributed by atoms with van der Waals surface area (Å²) in [5, 5.41) is 0.957. The molecule has 0 spiro atoms. The molecule has 1 heterocycles. The second-order valence-electron chi connectivity index (χ2n) is 6.58. The van der Waals surface area contributed by atoms with E-state index >= 15 is 0 Å². The minimum Gasteiger partial charge on any atom is -0.322 e. The van der Waals surface area contributed by atoms with Crippen molar-refractivity contribution in [2.45, 2.75) is 27.3 Å². The van der Waals surface area contributed by atoms with Gasteiger partial charge < -0.3 is 9.88 Å². The molecule has 1 aromatic heterocycles. The van der Waals surface area contributed by atoms with Gasteiger partial charge in [-0.1, -0.05) is 50.2 Å². The fourth-order valence-electron chi connectivity index (χ4n) is 2.94. The van der Waals surface area contributed by atoms with Crippen LogP contribution in [0.25, 0.3) is 10.9 Å². The zero-order valence-corrected chi connectivity index (χ0v) is 14.7. The average Bonchev–Trinajstić information content (AvgIpc) is 2.60. The highest BCUT2D eigenvalue weighted by Crippen LogP contribution is 2.23. The maximum Gasteiger partial charge on any atom is 0.253 e. The molecule has 3 rings (SSSR count). The van der Waals surface area contributed by atoms with Crippen LogP contribution in [0.1, 0.15) is 25.0 Å². The maximum absolute atomic E-state index is 12.8.